The van der Waals surface area contributed by atoms with Gasteiger partial charge in [-0.1, -0.05) is 6.07 Å². The Morgan fingerprint density at radius 2 is 2.14 bits per heavy atom. The molecule has 1 aromatic carbocycles. The highest BCUT2D eigenvalue weighted by atomic mass is 32.2. The number of benzene rings is 1. The molecule has 1 fully saturated rings. The molecule has 2 aliphatic rings. The Hall–Kier alpha value is -1.12. The maximum absolute atomic E-state index is 12.3. The van der Waals surface area contributed by atoms with Crippen LogP contribution in [0, 0.1) is 0 Å². The summed E-state index contributed by atoms with van der Waals surface area (Å²) in [5.41, 5.74) is 1.94. The Balaban J connectivity index is 1.75. The summed E-state index contributed by atoms with van der Waals surface area (Å²) in [6.07, 6.45) is 2.03. The van der Waals surface area contributed by atoms with Crippen molar-refractivity contribution < 1.29 is 16.8 Å². The van der Waals surface area contributed by atoms with Crippen molar-refractivity contribution in [3.8, 4) is 0 Å². The van der Waals surface area contributed by atoms with Crippen molar-refractivity contribution in [2.45, 2.75) is 29.4 Å². The maximum atomic E-state index is 12.3. The minimum Gasteiger partial charge on any atom is -0.384 e. The zero-order valence-corrected chi connectivity index (χ0v) is 13.1. The van der Waals surface area contributed by atoms with Crippen molar-refractivity contribution in [1.29, 1.82) is 0 Å². The molecule has 1 aromatic rings. The molecule has 0 radical (unpaired) electrons. The third kappa shape index (κ3) is 2.93. The van der Waals surface area contributed by atoms with Crippen LogP contribution < -0.4 is 10.0 Å². The number of hydrogen-bond donors (Lipinski definition) is 2. The van der Waals surface area contributed by atoms with E-state index in [1.807, 2.05) is 0 Å². The summed E-state index contributed by atoms with van der Waals surface area (Å²) in [5, 5.41) is 2.54. The van der Waals surface area contributed by atoms with Gasteiger partial charge in [-0.2, -0.15) is 0 Å². The highest BCUT2D eigenvalue weighted by Gasteiger charge is 2.32. The first-order valence-electron chi connectivity index (χ1n) is 6.96. The number of anilines is 1. The van der Waals surface area contributed by atoms with Crippen molar-refractivity contribution in [2.24, 2.45) is 0 Å². The van der Waals surface area contributed by atoms with Gasteiger partial charge in [-0.3, -0.25) is 0 Å². The van der Waals surface area contributed by atoms with Gasteiger partial charge in [0.15, 0.2) is 9.84 Å². The van der Waals surface area contributed by atoms with Crippen molar-refractivity contribution in [2.75, 3.05) is 24.2 Å². The smallest absolute Gasteiger partial charge is 0.240 e. The molecular weight excluding hydrogens is 312 g/mol. The Morgan fingerprint density at radius 3 is 2.86 bits per heavy atom. The van der Waals surface area contributed by atoms with E-state index >= 15 is 0 Å². The summed E-state index contributed by atoms with van der Waals surface area (Å²) in [6, 6.07) is 4.97. The van der Waals surface area contributed by atoms with Crippen LogP contribution in [0.15, 0.2) is 23.1 Å². The van der Waals surface area contributed by atoms with Crippen molar-refractivity contribution >= 4 is 25.5 Å². The Kier molecular flexibility index (Phi) is 3.71. The molecule has 1 saturated heterocycles. The highest BCUT2D eigenvalue weighted by Crippen LogP contribution is 2.25. The maximum Gasteiger partial charge on any atom is 0.240 e. The van der Waals surface area contributed by atoms with Crippen LogP contribution in [0.5, 0.6) is 0 Å². The number of rotatable bonds is 4. The van der Waals surface area contributed by atoms with Gasteiger partial charge in [0.1, 0.15) is 0 Å². The molecule has 2 heterocycles. The highest BCUT2D eigenvalue weighted by molar-refractivity contribution is 7.92. The van der Waals surface area contributed by atoms with Crippen LogP contribution in [-0.4, -0.2) is 40.9 Å². The van der Waals surface area contributed by atoms with Gasteiger partial charge in [-0.25, -0.2) is 21.6 Å². The molecule has 2 aliphatic heterocycles. The molecule has 21 heavy (non-hydrogen) atoms. The van der Waals surface area contributed by atoms with E-state index in [2.05, 4.69) is 10.0 Å². The van der Waals surface area contributed by atoms with Gasteiger partial charge >= 0.3 is 0 Å². The summed E-state index contributed by atoms with van der Waals surface area (Å²) in [6.45, 7) is 0.766. The van der Waals surface area contributed by atoms with E-state index in [1.165, 1.54) is 0 Å². The summed E-state index contributed by atoms with van der Waals surface area (Å²) in [5.74, 6) is 0.155. The lowest BCUT2D eigenvalue weighted by Gasteiger charge is -2.12. The van der Waals surface area contributed by atoms with E-state index in [9.17, 15) is 16.8 Å². The van der Waals surface area contributed by atoms with Crippen molar-refractivity contribution in [3.63, 3.8) is 0 Å². The zero-order chi connectivity index (χ0) is 15.1. The topological polar surface area (TPSA) is 92.3 Å². The molecule has 0 aromatic heterocycles. The van der Waals surface area contributed by atoms with Crippen LogP contribution in [-0.2, 0) is 26.3 Å². The van der Waals surface area contributed by atoms with Gasteiger partial charge in [0.25, 0.3) is 0 Å². The van der Waals surface area contributed by atoms with Gasteiger partial charge in [-0.15, -0.1) is 0 Å². The Bertz CT molecular complexity index is 756. The van der Waals surface area contributed by atoms with Crippen LogP contribution in [0.4, 0.5) is 5.69 Å². The first-order valence-corrected chi connectivity index (χ1v) is 10.2. The molecule has 1 atom stereocenters. The molecule has 1 unspecified atom stereocenters. The average molecular weight is 330 g/mol. The number of hydrogen-bond acceptors (Lipinski definition) is 5. The van der Waals surface area contributed by atoms with E-state index in [1.54, 1.807) is 18.2 Å². The van der Waals surface area contributed by atoms with Crippen molar-refractivity contribution in [3.05, 3.63) is 23.8 Å². The summed E-state index contributed by atoms with van der Waals surface area (Å²) in [7, 11) is -6.81. The average Bonchev–Trinajstić information content (AvgIpc) is 3.01. The lowest BCUT2D eigenvalue weighted by Crippen LogP contribution is -2.34. The third-order valence-electron chi connectivity index (χ3n) is 4.07. The van der Waals surface area contributed by atoms with E-state index in [-0.39, 0.29) is 17.2 Å². The van der Waals surface area contributed by atoms with E-state index in [0.29, 0.717) is 12.8 Å². The second-order valence-corrected chi connectivity index (χ2v) is 9.65. The first kappa shape index (κ1) is 14.8. The number of fused-ring (bicyclic) bond motifs is 1. The first-order chi connectivity index (χ1) is 9.88. The fraction of sp³-hybridized carbons (Fsp3) is 0.538. The number of sulfone groups is 1. The van der Waals surface area contributed by atoms with E-state index < -0.39 is 25.1 Å². The standard InChI is InChI=1S/C13H18N2O4S2/c16-20(17)7-1-2-12(20)9-15-21(18,19)11-4-3-10-5-6-14-13(10)8-11/h3-4,8,12,14-15H,1-2,5-7,9H2. The summed E-state index contributed by atoms with van der Waals surface area (Å²) >= 11 is 0. The Morgan fingerprint density at radius 1 is 1.33 bits per heavy atom. The fourth-order valence-electron chi connectivity index (χ4n) is 2.81. The van der Waals surface area contributed by atoms with Gasteiger partial charge < -0.3 is 5.32 Å². The third-order valence-corrected chi connectivity index (χ3v) is 7.76. The molecule has 0 amide bonds. The molecule has 116 valence electrons. The second-order valence-electron chi connectivity index (χ2n) is 5.48. The van der Waals surface area contributed by atoms with Gasteiger partial charge in [0.2, 0.25) is 10.0 Å². The molecule has 8 heteroatoms. The normalized spacial score (nSPS) is 23.7. The second kappa shape index (κ2) is 5.26. The minimum atomic E-state index is -3.67. The van der Waals surface area contributed by atoms with Gasteiger partial charge in [0.05, 0.1) is 15.9 Å². The predicted molar refractivity (Wildman–Crippen MR) is 80.6 cm³/mol. The molecule has 6 nitrogen and oxygen atoms in total. The Labute approximate surface area is 124 Å². The van der Waals surface area contributed by atoms with Crippen LogP contribution in [0.2, 0.25) is 0 Å². The van der Waals surface area contributed by atoms with Crippen molar-refractivity contribution in [1.82, 2.24) is 4.72 Å². The predicted octanol–water partition coefficient (Wildman–Crippen LogP) is 0.510. The monoisotopic (exact) mass is 330 g/mol. The molecular formula is C13H18N2O4S2. The van der Waals surface area contributed by atoms with Crippen LogP contribution >= 0.6 is 0 Å². The number of nitrogens with one attached hydrogen (secondary N) is 2. The largest absolute Gasteiger partial charge is 0.384 e. The summed E-state index contributed by atoms with van der Waals surface area (Å²) in [4.78, 5) is 0.172. The van der Waals surface area contributed by atoms with Gasteiger partial charge in [0, 0.05) is 18.8 Å². The van der Waals surface area contributed by atoms with Gasteiger partial charge in [-0.05, 0) is 37.0 Å². The molecule has 0 bridgehead atoms. The summed E-state index contributed by atoms with van der Waals surface area (Å²) < 4.78 is 50.4. The molecule has 3 rings (SSSR count). The van der Waals surface area contributed by atoms with E-state index in [0.717, 1.165) is 24.2 Å². The van der Waals surface area contributed by atoms with Crippen LogP contribution in [0.25, 0.3) is 0 Å². The number of sulfonamides is 1. The molecule has 2 N–H and O–H groups in total. The fourth-order valence-corrected chi connectivity index (χ4v) is 5.79. The molecule has 0 aliphatic carbocycles. The SMILES string of the molecule is O=S(=O)(NCC1CCCS1(=O)=O)c1ccc2c(c1)NCC2. The molecule has 0 saturated carbocycles. The quantitative estimate of drug-likeness (QED) is 0.839. The lowest BCUT2D eigenvalue weighted by molar-refractivity contribution is 0.571. The lowest BCUT2D eigenvalue weighted by atomic mass is 10.2. The minimum absolute atomic E-state index is 0.0464. The zero-order valence-electron chi connectivity index (χ0n) is 11.5. The van der Waals surface area contributed by atoms with E-state index in [4.69, 9.17) is 0 Å². The van der Waals surface area contributed by atoms with Crippen LogP contribution in [0.3, 0.4) is 0 Å². The van der Waals surface area contributed by atoms with Crippen LogP contribution in [0.1, 0.15) is 18.4 Å². The molecule has 0 spiro atoms.